The summed E-state index contributed by atoms with van der Waals surface area (Å²) in [5, 5.41) is 7.72. The first-order valence-electron chi connectivity index (χ1n) is 15.7. The Morgan fingerprint density at radius 1 is 0.958 bits per heavy atom. The number of halogens is 2. The Hall–Kier alpha value is -4.66. The predicted octanol–water partition coefficient (Wildman–Crippen LogP) is 9.93. The molecule has 0 unspecified atom stereocenters. The topological polar surface area (TPSA) is 74.9 Å². The summed E-state index contributed by atoms with van der Waals surface area (Å²) < 4.78 is 19.8. The van der Waals surface area contributed by atoms with Crippen LogP contribution < -0.4 is 19.8 Å². The van der Waals surface area contributed by atoms with Crippen LogP contribution in [0.4, 0.5) is 0 Å². The molecule has 1 heterocycles. The van der Waals surface area contributed by atoms with Crippen molar-refractivity contribution in [3.05, 3.63) is 127 Å². The van der Waals surface area contributed by atoms with Crippen LogP contribution in [0.15, 0.2) is 99.3 Å². The highest BCUT2D eigenvalue weighted by molar-refractivity contribution is 9.10. The van der Waals surface area contributed by atoms with Crippen LogP contribution >= 0.6 is 27.5 Å². The second-order valence-electron chi connectivity index (χ2n) is 11.7. The number of rotatable bonds is 10. The summed E-state index contributed by atoms with van der Waals surface area (Å²) in [6.45, 7) is 9.01. The summed E-state index contributed by atoms with van der Waals surface area (Å²) in [5.74, 6) is 2.24. The van der Waals surface area contributed by atoms with Crippen molar-refractivity contribution in [2.24, 2.45) is 5.10 Å². The normalized spacial score (nSPS) is 11.6. The van der Waals surface area contributed by atoms with Crippen molar-refractivity contribution in [3.63, 3.8) is 0 Å². The molecule has 1 aromatic heterocycles. The molecule has 0 bridgehead atoms. The Bertz CT molecular complexity index is 2240. The summed E-state index contributed by atoms with van der Waals surface area (Å²) in [4.78, 5) is 18.9. The van der Waals surface area contributed by atoms with Crippen molar-refractivity contribution in [2.75, 3.05) is 13.7 Å². The van der Waals surface area contributed by atoms with Crippen LogP contribution in [0.2, 0.25) is 5.02 Å². The van der Waals surface area contributed by atoms with E-state index in [1.807, 2.05) is 68.4 Å². The van der Waals surface area contributed by atoms with E-state index in [0.717, 1.165) is 38.8 Å². The van der Waals surface area contributed by atoms with Gasteiger partial charge in [-0.25, -0.2) is 4.98 Å². The number of ether oxygens (including phenoxy) is 3. The molecule has 6 rings (SSSR count). The minimum absolute atomic E-state index is 0.182. The molecule has 9 heteroatoms. The zero-order valence-electron chi connectivity index (χ0n) is 27.4. The van der Waals surface area contributed by atoms with Gasteiger partial charge in [-0.1, -0.05) is 80.0 Å². The molecule has 0 aliphatic rings. The number of aromatic nitrogens is 2. The molecule has 0 atom stereocenters. The van der Waals surface area contributed by atoms with Crippen molar-refractivity contribution < 1.29 is 14.2 Å². The van der Waals surface area contributed by atoms with Crippen LogP contribution in [-0.4, -0.2) is 29.6 Å². The Kier molecular flexibility index (Phi) is 9.85. The van der Waals surface area contributed by atoms with Crippen LogP contribution in [0.1, 0.15) is 48.9 Å². The number of methoxy groups -OCH3 is 1. The fraction of sp³-hybridized carbons (Fsp3) is 0.205. The number of aryl methyl sites for hydroxylation is 1. The first kappa shape index (κ1) is 33.2. The fourth-order valence-corrected chi connectivity index (χ4v) is 6.40. The minimum Gasteiger partial charge on any atom is -0.494 e. The maximum Gasteiger partial charge on any atom is 0.282 e. The molecule has 6 aromatic rings. The van der Waals surface area contributed by atoms with Crippen LogP contribution in [-0.2, 0) is 6.61 Å². The molecule has 0 saturated carbocycles. The van der Waals surface area contributed by atoms with Crippen molar-refractivity contribution in [2.45, 2.75) is 40.2 Å². The fourth-order valence-electron chi connectivity index (χ4n) is 5.75. The quantitative estimate of drug-likeness (QED) is 0.132. The highest BCUT2D eigenvalue weighted by atomic mass is 79.9. The molecule has 5 aromatic carbocycles. The lowest BCUT2D eigenvalue weighted by molar-refractivity contribution is 0.285. The molecular weight excluding hydrogens is 690 g/mol. The first-order chi connectivity index (χ1) is 23.2. The Morgan fingerprint density at radius 3 is 2.44 bits per heavy atom. The molecule has 0 fully saturated rings. The average Bonchev–Trinajstić information content (AvgIpc) is 3.09. The predicted molar refractivity (Wildman–Crippen MR) is 198 cm³/mol. The van der Waals surface area contributed by atoms with Crippen LogP contribution in [0.25, 0.3) is 33.1 Å². The van der Waals surface area contributed by atoms with Gasteiger partial charge in [0.15, 0.2) is 17.3 Å². The maximum atomic E-state index is 14.0. The van der Waals surface area contributed by atoms with Crippen LogP contribution in [0.5, 0.6) is 17.2 Å². The van der Waals surface area contributed by atoms with Gasteiger partial charge in [-0.15, -0.1) is 0 Å². The summed E-state index contributed by atoms with van der Waals surface area (Å²) in [6, 6.07) is 27.4. The SMILES string of the molecule is CCOc1cc(C)c(-c2nc3ccccc3c(=O)n2N=Cc2cc(OC)c(OCc3cccc4ccccc34)c(Cl)c2Br)cc1C(C)C. The number of para-hydroxylation sites is 1. The van der Waals surface area contributed by atoms with Gasteiger partial charge in [-0.3, -0.25) is 4.79 Å². The first-order valence-corrected chi connectivity index (χ1v) is 16.9. The van der Waals surface area contributed by atoms with E-state index < -0.39 is 0 Å². The minimum atomic E-state index is -0.296. The number of nitrogens with zero attached hydrogens (tertiary/aromatic N) is 3. The Balaban J connectivity index is 1.43. The van der Waals surface area contributed by atoms with Crippen molar-refractivity contribution in [1.29, 1.82) is 0 Å². The van der Waals surface area contributed by atoms with E-state index in [-0.39, 0.29) is 11.5 Å². The number of hydrogen-bond acceptors (Lipinski definition) is 6. The van der Waals surface area contributed by atoms with Gasteiger partial charge in [0.1, 0.15) is 17.4 Å². The lowest BCUT2D eigenvalue weighted by Crippen LogP contribution is -2.21. The van der Waals surface area contributed by atoms with Crippen molar-refractivity contribution in [3.8, 4) is 28.6 Å². The third kappa shape index (κ3) is 6.42. The van der Waals surface area contributed by atoms with Gasteiger partial charge in [0, 0.05) is 15.6 Å². The largest absolute Gasteiger partial charge is 0.494 e. The molecule has 244 valence electrons. The highest BCUT2D eigenvalue weighted by Crippen LogP contribution is 2.43. The highest BCUT2D eigenvalue weighted by Gasteiger charge is 2.20. The third-order valence-corrected chi connectivity index (χ3v) is 9.66. The van der Waals surface area contributed by atoms with Gasteiger partial charge in [0.25, 0.3) is 5.56 Å². The monoisotopic (exact) mass is 723 g/mol. The third-order valence-electron chi connectivity index (χ3n) is 8.21. The molecule has 7 nitrogen and oxygen atoms in total. The summed E-state index contributed by atoms with van der Waals surface area (Å²) in [6.07, 6.45) is 1.57. The van der Waals surface area contributed by atoms with Gasteiger partial charge in [-0.2, -0.15) is 9.78 Å². The van der Waals surface area contributed by atoms with Crippen molar-refractivity contribution >= 4 is 55.4 Å². The zero-order chi connectivity index (χ0) is 33.9. The summed E-state index contributed by atoms with van der Waals surface area (Å²) in [7, 11) is 1.56. The van der Waals surface area contributed by atoms with E-state index in [0.29, 0.717) is 56.5 Å². The standard InChI is InChI=1S/C39H35BrClN3O4/c1-6-47-33-18-24(4)31(20-30(33)23(2)3)38-43-32-17-10-9-16-29(32)39(45)44(38)42-21-27-19-34(46-5)37(36(41)35(27)40)48-22-26-14-11-13-25-12-7-8-15-28(25)26/h7-21,23H,6,22H2,1-5H3. The number of benzene rings is 5. The molecule has 48 heavy (non-hydrogen) atoms. The van der Waals surface area contributed by atoms with Crippen LogP contribution in [0.3, 0.4) is 0 Å². The lowest BCUT2D eigenvalue weighted by atomic mass is 9.96. The molecule has 0 amide bonds. The van der Waals surface area contributed by atoms with E-state index in [1.54, 1.807) is 25.5 Å². The van der Waals surface area contributed by atoms with Gasteiger partial charge < -0.3 is 14.2 Å². The van der Waals surface area contributed by atoms with E-state index >= 15 is 0 Å². The van der Waals surface area contributed by atoms with E-state index in [9.17, 15) is 4.79 Å². The smallest absolute Gasteiger partial charge is 0.282 e. The molecular formula is C39H35BrClN3O4. The number of fused-ring (bicyclic) bond motifs is 2. The molecule has 0 N–H and O–H groups in total. The number of hydrogen-bond donors (Lipinski definition) is 0. The van der Waals surface area contributed by atoms with Gasteiger partial charge >= 0.3 is 0 Å². The average molecular weight is 725 g/mol. The van der Waals surface area contributed by atoms with Gasteiger partial charge in [0.05, 0.1) is 30.8 Å². The summed E-state index contributed by atoms with van der Waals surface area (Å²) >= 11 is 10.5. The molecule has 0 spiro atoms. The molecule has 0 aliphatic carbocycles. The van der Waals surface area contributed by atoms with Crippen molar-refractivity contribution in [1.82, 2.24) is 9.66 Å². The van der Waals surface area contributed by atoms with E-state index in [1.165, 1.54) is 4.68 Å². The molecule has 0 aliphatic heterocycles. The van der Waals surface area contributed by atoms with Gasteiger partial charge in [0.2, 0.25) is 0 Å². The Morgan fingerprint density at radius 2 is 1.69 bits per heavy atom. The zero-order valence-corrected chi connectivity index (χ0v) is 29.7. The Labute approximate surface area is 292 Å². The second kappa shape index (κ2) is 14.2. The second-order valence-corrected chi connectivity index (χ2v) is 12.8. The molecule has 0 saturated heterocycles. The van der Waals surface area contributed by atoms with E-state index in [2.05, 4.69) is 48.0 Å². The van der Waals surface area contributed by atoms with Gasteiger partial charge in [-0.05, 0) is 93.5 Å². The maximum absolute atomic E-state index is 14.0. The van der Waals surface area contributed by atoms with E-state index in [4.69, 9.17) is 35.9 Å². The van der Waals surface area contributed by atoms with Crippen LogP contribution in [0, 0.1) is 6.92 Å². The lowest BCUT2D eigenvalue weighted by Gasteiger charge is -2.18. The molecule has 0 radical (unpaired) electrons. The summed E-state index contributed by atoms with van der Waals surface area (Å²) in [5.41, 5.74) is 4.62.